The van der Waals surface area contributed by atoms with Gasteiger partial charge in [-0.2, -0.15) is 0 Å². The van der Waals surface area contributed by atoms with Crippen LogP contribution >= 0.6 is 24.2 Å². The number of thioether (sulfide) groups is 1. The fraction of sp³-hybridized carbons (Fsp3) is 0.500. The van der Waals surface area contributed by atoms with Crippen LogP contribution in [0, 0.1) is 0 Å². The molecule has 1 amide bonds. The molecule has 1 aromatic carbocycles. The van der Waals surface area contributed by atoms with E-state index in [0.29, 0.717) is 32.7 Å². The first kappa shape index (κ1) is 17.9. The molecule has 1 aliphatic heterocycles. The van der Waals surface area contributed by atoms with E-state index in [2.05, 4.69) is 5.32 Å². The summed E-state index contributed by atoms with van der Waals surface area (Å²) < 4.78 is 11.2. The van der Waals surface area contributed by atoms with Crippen LogP contribution in [0.3, 0.4) is 0 Å². The highest BCUT2D eigenvalue weighted by atomic mass is 35.5. The second-order valence-corrected chi connectivity index (χ2v) is 5.56. The maximum Gasteiger partial charge on any atom is 0.220 e. The topological polar surface area (TPSA) is 73.6 Å². The number of fused-ring (bicyclic) bond motifs is 1. The van der Waals surface area contributed by atoms with E-state index in [4.69, 9.17) is 15.2 Å². The first-order valence-electron chi connectivity index (χ1n) is 6.79. The maximum atomic E-state index is 11.4. The summed E-state index contributed by atoms with van der Waals surface area (Å²) in [5.74, 6) is 2.36. The third kappa shape index (κ3) is 6.03. The lowest BCUT2D eigenvalue weighted by Gasteiger charge is -2.09. The van der Waals surface area contributed by atoms with Gasteiger partial charge in [0.25, 0.3) is 0 Å². The van der Waals surface area contributed by atoms with E-state index in [1.807, 2.05) is 18.2 Å². The molecule has 118 valence electrons. The van der Waals surface area contributed by atoms with E-state index in [1.54, 1.807) is 11.8 Å². The highest BCUT2D eigenvalue weighted by Crippen LogP contribution is 2.33. The molecule has 2 rings (SSSR count). The van der Waals surface area contributed by atoms with Gasteiger partial charge in [0.05, 0.1) is 13.2 Å². The average Bonchev–Trinajstić information content (AvgIpc) is 2.70. The molecule has 0 aliphatic carbocycles. The molecule has 5 nitrogen and oxygen atoms in total. The monoisotopic (exact) mass is 332 g/mol. The molecule has 21 heavy (non-hydrogen) atoms. The van der Waals surface area contributed by atoms with E-state index in [-0.39, 0.29) is 18.3 Å². The molecule has 0 unspecified atom stereocenters. The van der Waals surface area contributed by atoms with Crippen molar-refractivity contribution >= 4 is 30.1 Å². The van der Waals surface area contributed by atoms with Crippen molar-refractivity contribution in [1.29, 1.82) is 0 Å². The van der Waals surface area contributed by atoms with Gasteiger partial charge in [0.2, 0.25) is 5.91 Å². The van der Waals surface area contributed by atoms with Gasteiger partial charge in [-0.1, -0.05) is 0 Å². The molecule has 7 heteroatoms. The Hall–Kier alpha value is -1.11. The summed E-state index contributed by atoms with van der Waals surface area (Å²) in [6.45, 7) is 2.39. The van der Waals surface area contributed by atoms with Gasteiger partial charge >= 0.3 is 0 Å². The van der Waals surface area contributed by atoms with Crippen molar-refractivity contribution in [2.45, 2.75) is 17.7 Å². The summed E-state index contributed by atoms with van der Waals surface area (Å²) in [6.07, 6.45) is 1.39. The number of halogens is 1. The molecule has 0 saturated carbocycles. The smallest absolute Gasteiger partial charge is 0.220 e. The van der Waals surface area contributed by atoms with E-state index >= 15 is 0 Å². The van der Waals surface area contributed by atoms with Crippen LogP contribution in [0.25, 0.3) is 0 Å². The molecule has 1 heterocycles. The van der Waals surface area contributed by atoms with Crippen molar-refractivity contribution in [3.63, 3.8) is 0 Å². The van der Waals surface area contributed by atoms with Crippen molar-refractivity contribution in [3.05, 3.63) is 18.2 Å². The molecule has 1 aromatic rings. The predicted octanol–water partition coefficient (Wildman–Crippen LogP) is 1.83. The maximum absolute atomic E-state index is 11.4. The first-order chi connectivity index (χ1) is 9.79. The minimum absolute atomic E-state index is 0. The van der Waals surface area contributed by atoms with Crippen LogP contribution in [0.5, 0.6) is 11.5 Å². The second kappa shape index (κ2) is 9.76. The average molecular weight is 333 g/mol. The van der Waals surface area contributed by atoms with Gasteiger partial charge in [-0.05, 0) is 18.2 Å². The lowest BCUT2D eigenvalue weighted by atomic mass is 10.3. The van der Waals surface area contributed by atoms with Crippen molar-refractivity contribution in [2.24, 2.45) is 5.73 Å². The Balaban J connectivity index is 0.00000220. The molecule has 0 spiro atoms. The fourth-order valence-electron chi connectivity index (χ4n) is 1.79. The van der Waals surface area contributed by atoms with Crippen LogP contribution in [0.1, 0.15) is 12.8 Å². The highest BCUT2D eigenvalue weighted by molar-refractivity contribution is 7.99. The van der Waals surface area contributed by atoms with Crippen molar-refractivity contribution in [2.75, 3.05) is 32.1 Å². The molecule has 0 bridgehead atoms. The Morgan fingerprint density at radius 3 is 2.81 bits per heavy atom. The molecular formula is C14H21ClN2O3S. The van der Waals surface area contributed by atoms with Crippen molar-refractivity contribution in [1.82, 2.24) is 5.32 Å². The Morgan fingerprint density at radius 1 is 1.29 bits per heavy atom. The summed E-state index contributed by atoms with van der Waals surface area (Å²) in [5.41, 5.74) is 5.33. The Labute approximate surface area is 135 Å². The first-order valence-corrected chi connectivity index (χ1v) is 7.77. The molecule has 1 aliphatic rings. The van der Waals surface area contributed by atoms with E-state index in [1.165, 1.54) is 0 Å². The van der Waals surface area contributed by atoms with Crippen LogP contribution in [-0.4, -0.2) is 38.0 Å². The van der Waals surface area contributed by atoms with E-state index in [0.717, 1.165) is 28.6 Å². The molecule has 0 saturated heterocycles. The largest absolute Gasteiger partial charge is 0.490 e. The number of carbonyl (C=O) groups excluding carboxylic acids is 1. The van der Waals surface area contributed by atoms with Crippen LogP contribution in [0.15, 0.2) is 23.1 Å². The lowest BCUT2D eigenvalue weighted by Crippen LogP contribution is -2.29. The highest BCUT2D eigenvalue weighted by Gasteiger charge is 2.11. The van der Waals surface area contributed by atoms with Gasteiger partial charge in [0.1, 0.15) is 0 Å². The lowest BCUT2D eigenvalue weighted by molar-refractivity contribution is -0.120. The zero-order chi connectivity index (χ0) is 14.2. The number of benzene rings is 1. The number of rotatable bonds is 6. The Kier molecular flexibility index (Phi) is 8.34. The van der Waals surface area contributed by atoms with Crippen LogP contribution in [0.4, 0.5) is 0 Å². The second-order valence-electron chi connectivity index (χ2n) is 4.40. The van der Waals surface area contributed by atoms with Gasteiger partial charge in [-0.25, -0.2) is 0 Å². The Morgan fingerprint density at radius 2 is 2.05 bits per heavy atom. The number of nitrogens with two attached hydrogens (primary N) is 1. The fourth-order valence-corrected chi connectivity index (χ4v) is 2.67. The SMILES string of the molecule is Cl.NCCNC(=O)CCSc1ccc2c(c1)OCCCO2. The van der Waals surface area contributed by atoms with Crippen LogP contribution < -0.4 is 20.5 Å². The zero-order valence-corrected chi connectivity index (χ0v) is 13.4. The summed E-state index contributed by atoms with van der Waals surface area (Å²) in [7, 11) is 0. The van der Waals surface area contributed by atoms with Crippen molar-refractivity contribution < 1.29 is 14.3 Å². The standard InChI is InChI=1S/C14H20N2O3S.ClH/c15-5-6-16-14(17)4-9-20-11-2-3-12-13(10-11)19-8-1-7-18-12;/h2-3,10H,1,4-9,15H2,(H,16,17);1H. The molecule has 0 fully saturated rings. The number of nitrogens with one attached hydrogen (secondary N) is 1. The van der Waals surface area contributed by atoms with E-state index < -0.39 is 0 Å². The minimum atomic E-state index is 0. The van der Waals surface area contributed by atoms with Crippen LogP contribution in [-0.2, 0) is 4.79 Å². The summed E-state index contributed by atoms with van der Waals surface area (Å²) in [4.78, 5) is 12.5. The molecule has 0 radical (unpaired) electrons. The molecular weight excluding hydrogens is 312 g/mol. The quantitative estimate of drug-likeness (QED) is 0.777. The number of ether oxygens (including phenoxy) is 2. The number of hydrogen-bond donors (Lipinski definition) is 2. The van der Waals surface area contributed by atoms with Crippen LogP contribution in [0.2, 0.25) is 0 Å². The number of amides is 1. The normalized spacial score (nSPS) is 13.0. The predicted molar refractivity (Wildman–Crippen MR) is 86.7 cm³/mol. The van der Waals surface area contributed by atoms with Gasteiger partial charge in [-0.15, -0.1) is 24.2 Å². The zero-order valence-electron chi connectivity index (χ0n) is 11.8. The summed E-state index contributed by atoms with van der Waals surface area (Å²) in [6, 6.07) is 5.90. The minimum Gasteiger partial charge on any atom is -0.490 e. The number of hydrogen-bond acceptors (Lipinski definition) is 5. The third-order valence-corrected chi connectivity index (χ3v) is 3.78. The molecule has 0 aromatic heterocycles. The summed E-state index contributed by atoms with van der Waals surface area (Å²) >= 11 is 1.63. The summed E-state index contributed by atoms with van der Waals surface area (Å²) in [5, 5.41) is 2.75. The van der Waals surface area contributed by atoms with Crippen molar-refractivity contribution in [3.8, 4) is 11.5 Å². The molecule has 0 atom stereocenters. The Bertz CT molecular complexity index is 460. The molecule has 3 N–H and O–H groups in total. The number of carbonyl (C=O) groups is 1. The van der Waals surface area contributed by atoms with Gasteiger partial charge < -0.3 is 20.5 Å². The van der Waals surface area contributed by atoms with E-state index in [9.17, 15) is 4.79 Å². The third-order valence-electron chi connectivity index (χ3n) is 2.78. The van der Waals surface area contributed by atoms with Gasteiger partial charge in [0, 0.05) is 36.6 Å². The van der Waals surface area contributed by atoms with Gasteiger partial charge in [0.15, 0.2) is 11.5 Å². The van der Waals surface area contributed by atoms with Gasteiger partial charge in [-0.3, -0.25) is 4.79 Å².